The number of hydrogen-bond donors (Lipinski definition) is 2. The van der Waals surface area contributed by atoms with E-state index in [0.717, 1.165) is 5.75 Å². The second-order valence-electron chi connectivity index (χ2n) is 5.14. The van der Waals surface area contributed by atoms with Crippen LogP contribution in [0.5, 0.6) is 5.75 Å². The van der Waals surface area contributed by atoms with Crippen molar-refractivity contribution in [2.75, 3.05) is 40.0 Å². The summed E-state index contributed by atoms with van der Waals surface area (Å²) in [7, 11) is 0. The second kappa shape index (κ2) is 24.1. The topological polar surface area (TPSA) is 95.8 Å². The summed E-state index contributed by atoms with van der Waals surface area (Å²) in [4.78, 5) is 0. The van der Waals surface area contributed by atoms with Crippen molar-refractivity contribution in [3.8, 4) is 5.75 Å². The van der Waals surface area contributed by atoms with Gasteiger partial charge in [0.2, 0.25) is 0 Å². The molecule has 0 spiro atoms. The van der Waals surface area contributed by atoms with Crippen LogP contribution in [0.2, 0.25) is 0 Å². The van der Waals surface area contributed by atoms with E-state index in [1.165, 1.54) is 30.6 Å². The summed E-state index contributed by atoms with van der Waals surface area (Å²) in [5, 5.41) is 17.3. The molecule has 8 nitrogen and oxygen atoms in total. The first-order chi connectivity index (χ1) is 14.5. The lowest BCUT2D eigenvalue weighted by Crippen LogP contribution is -2.23. The van der Waals surface area contributed by atoms with Gasteiger partial charge in [-0.25, -0.2) is 0 Å². The van der Waals surface area contributed by atoms with Crippen molar-refractivity contribution in [3.05, 3.63) is 81.2 Å². The van der Waals surface area contributed by atoms with Gasteiger partial charge in [0.25, 0.3) is 0 Å². The van der Waals surface area contributed by atoms with Gasteiger partial charge in [-0.15, -0.1) is 0 Å². The van der Waals surface area contributed by atoms with Gasteiger partial charge in [0, 0.05) is 0 Å². The predicted molar refractivity (Wildman–Crippen MR) is 115 cm³/mol. The van der Waals surface area contributed by atoms with Crippen molar-refractivity contribution in [2.24, 2.45) is 0 Å². The van der Waals surface area contributed by atoms with E-state index in [-0.39, 0.29) is 26.8 Å². The molecule has 0 saturated carbocycles. The average molecular weight is 427 g/mol. The van der Waals surface area contributed by atoms with Crippen LogP contribution in [0.4, 0.5) is 0 Å². The first-order valence-corrected chi connectivity index (χ1v) is 9.01. The first kappa shape index (κ1) is 29.3. The monoisotopic (exact) mass is 426 g/mol. The summed E-state index contributed by atoms with van der Waals surface area (Å²) in [5.74, 6) is 0.733. The van der Waals surface area contributed by atoms with Crippen molar-refractivity contribution in [2.45, 2.75) is 13.0 Å². The Hall–Kier alpha value is -2.94. The molecule has 1 aromatic carbocycles. The maximum Gasteiger partial charge on any atom is 0.188 e. The molecule has 30 heavy (non-hydrogen) atoms. The van der Waals surface area contributed by atoms with Crippen LogP contribution in [0, 0.1) is 6.92 Å². The predicted octanol–water partition coefficient (Wildman–Crippen LogP) is 3.27. The summed E-state index contributed by atoms with van der Waals surface area (Å²) in [6.07, 6.45) is 4.55. The zero-order valence-corrected chi connectivity index (χ0v) is 17.6. The van der Waals surface area contributed by atoms with Gasteiger partial charge in [-0.3, -0.25) is 0 Å². The second-order valence-corrected chi connectivity index (χ2v) is 5.14. The van der Waals surface area contributed by atoms with E-state index in [2.05, 4.69) is 31.1 Å². The molecule has 0 fully saturated rings. The number of benzene rings is 1. The van der Waals surface area contributed by atoms with Crippen molar-refractivity contribution in [3.63, 3.8) is 0 Å². The molecule has 0 amide bonds. The van der Waals surface area contributed by atoms with Crippen LogP contribution in [-0.2, 0) is 23.7 Å². The zero-order valence-electron chi connectivity index (χ0n) is 17.6. The lowest BCUT2D eigenvalue weighted by atomic mass is 10.2. The molecular formula is C22H34O8. The minimum absolute atomic E-state index is 0.0884. The molecule has 0 bridgehead atoms. The number of ether oxygens (including phenoxy) is 6. The van der Waals surface area contributed by atoms with Crippen LogP contribution in [0.3, 0.4) is 0 Å². The van der Waals surface area contributed by atoms with Gasteiger partial charge < -0.3 is 38.6 Å². The Morgan fingerprint density at radius 1 is 0.833 bits per heavy atom. The van der Waals surface area contributed by atoms with Crippen molar-refractivity contribution in [1.29, 1.82) is 0 Å². The van der Waals surface area contributed by atoms with Crippen LogP contribution in [0.15, 0.2) is 75.6 Å². The highest BCUT2D eigenvalue weighted by molar-refractivity contribution is 5.26. The zero-order chi connectivity index (χ0) is 22.9. The lowest BCUT2D eigenvalue weighted by molar-refractivity contribution is -0.0561. The molecule has 0 aliphatic rings. The number of aryl methyl sites for hydroxylation is 1. The molecule has 1 aromatic rings. The molecule has 0 aliphatic heterocycles. The Bertz CT molecular complexity index is 520. The molecule has 0 aromatic heterocycles. The fourth-order valence-electron chi connectivity index (χ4n) is 1.47. The fraction of sp³-hybridized carbons (Fsp3) is 0.364. The van der Waals surface area contributed by atoms with E-state index >= 15 is 0 Å². The van der Waals surface area contributed by atoms with Crippen molar-refractivity contribution in [1.82, 2.24) is 0 Å². The third kappa shape index (κ3) is 23.1. The Morgan fingerprint density at radius 2 is 1.37 bits per heavy atom. The molecule has 2 N–H and O–H groups in total. The summed E-state index contributed by atoms with van der Waals surface area (Å²) >= 11 is 0. The third-order valence-corrected chi connectivity index (χ3v) is 2.79. The molecule has 0 radical (unpaired) electrons. The van der Waals surface area contributed by atoms with E-state index in [1.54, 1.807) is 0 Å². The van der Waals surface area contributed by atoms with E-state index in [1.807, 2.05) is 31.2 Å². The van der Waals surface area contributed by atoms with Crippen LogP contribution >= 0.6 is 0 Å². The van der Waals surface area contributed by atoms with Crippen LogP contribution in [-0.4, -0.2) is 56.3 Å². The lowest BCUT2D eigenvalue weighted by Gasteiger charge is -2.12. The van der Waals surface area contributed by atoms with Gasteiger partial charge in [-0.1, -0.05) is 44.0 Å². The molecule has 1 rings (SSSR count). The van der Waals surface area contributed by atoms with Gasteiger partial charge in [0.1, 0.15) is 31.7 Å². The molecule has 0 aliphatic carbocycles. The highest BCUT2D eigenvalue weighted by Gasteiger charge is 2.05. The number of hydrogen-bond acceptors (Lipinski definition) is 8. The van der Waals surface area contributed by atoms with Gasteiger partial charge in [-0.05, 0) is 19.1 Å². The highest BCUT2D eigenvalue weighted by Crippen LogP contribution is 2.11. The maximum absolute atomic E-state index is 9.53. The normalized spacial score (nSPS) is 9.83. The average Bonchev–Trinajstić information content (AvgIpc) is 2.75. The third-order valence-electron chi connectivity index (χ3n) is 2.79. The van der Waals surface area contributed by atoms with E-state index < -0.39 is 6.10 Å². The minimum Gasteiger partial charge on any atom is -0.498 e. The van der Waals surface area contributed by atoms with Gasteiger partial charge in [0.15, 0.2) is 13.6 Å². The van der Waals surface area contributed by atoms with Crippen molar-refractivity contribution < 1.29 is 38.6 Å². The van der Waals surface area contributed by atoms with Gasteiger partial charge in [0.05, 0.1) is 31.7 Å². The SMILES string of the molecule is C=COCCOC=C.C=COCO.C=COCOCC(O)COc1ccc(C)cc1. The van der Waals surface area contributed by atoms with E-state index in [9.17, 15) is 5.11 Å². The Morgan fingerprint density at radius 3 is 1.80 bits per heavy atom. The molecule has 170 valence electrons. The number of rotatable bonds is 15. The van der Waals surface area contributed by atoms with Crippen LogP contribution < -0.4 is 4.74 Å². The fourth-order valence-corrected chi connectivity index (χ4v) is 1.47. The summed E-state index contributed by atoms with van der Waals surface area (Å²) in [5.41, 5.74) is 1.17. The smallest absolute Gasteiger partial charge is 0.188 e. The van der Waals surface area contributed by atoms with Crippen LogP contribution in [0.1, 0.15) is 5.56 Å². The summed E-state index contributed by atoms with van der Waals surface area (Å²) in [6, 6.07) is 7.64. The largest absolute Gasteiger partial charge is 0.498 e. The quantitative estimate of drug-likeness (QED) is 0.251. The number of aliphatic hydroxyl groups is 2. The maximum atomic E-state index is 9.53. The first-order valence-electron chi connectivity index (χ1n) is 9.01. The Labute approximate surface area is 179 Å². The standard InChI is InChI=1S/C13H18O4.C6H10O2.C3H6O2/c1-3-15-10-16-8-12(14)9-17-13-6-4-11(2)5-7-13;1-3-7-5-6-8-4-2;1-2-5-3-4/h3-7,12,14H,1,8-10H2,2H3;3-4H,1-2,5-6H2;2,4H,1,3H2. The van der Waals surface area contributed by atoms with E-state index in [0.29, 0.717) is 13.2 Å². The molecule has 1 unspecified atom stereocenters. The van der Waals surface area contributed by atoms with Gasteiger partial charge in [-0.2, -0.15) is 0 Å². The Balaban J connectivity index is 0. The highest BCUT2D eigenvalue weighted by atomic mass is 16.7. The van der Waals surface area contributed by atoms with Gasteiger partial charge >= 0.3 is 0 Å². The molecule has 8 heteroatoms. The summed E-state index contributed by atoms with van der Waals surface area (Å²) in [6.45, 7) is 16.5. The summed E-state index contributed by atoms with van der Waals surface area (Å²) < 4.78 is 28.8. The minimum atomic E-state index is -0.676. The number of aliphatic hydroxyl groups excluding tert-OH is 2. The Kier molecular flexibility index (Phi) is 23.5. The molecule has 0 heterocycles. The molecular weight excluding hydrogens is 392 g/mol. The molecule has 1 atom stereocenters. The molecule has 0 saturated heterocycles. The van der Waals surface area contributed by atoms with Crippen molar-refractivity contribution >= 4 is 0 Å². The van der Waals surface area contributed by atoms with E-state index in [4.69, 9.17) is 28.8 Å². The van der Waals surface area contributed by atoms with Crippen LogP contribution in [0.25, 0.3) is 0 Å².